The Morgan fingerprint density at radius 2 is 0.909 bits per heavy atom. The van der Waals surface area contributed by atoms with Gasteiger partial charge in [0.15, 0.2) is 0 Å². The molecule has 0 bridgehead atoms. The SMILES string of the molecule is [B]N(c1ccc2ccccc2c1)c1ccc2ccccc2c1. The summed E-state index contributed by atoms with van der Waals surface area (Å²) in [4.78, 5) is 1.74. The maximum Gasteiger partial charge on any atom is 0.234 e. The van der Waals surface area contributed by atoms with E-state index < -0.39 is 0 Å². The van der Waals surface area contributed by atoms with Crippen LogP contribution in [-0.2, 0) is 0 Å². The Morgan fingerprint density at radius 1 is 0.500 bits per heavy atom. The maximum absolute atomic E-state index is 6.33. The molecule has 0 saturated carbocycles. The van der Waals surface area contributed by atoms with Crippen LogP contribution in [0, 0.1) is 0 Å². The van der Waals surface area contributed by atoms with Crippen molar-refractivity contribution < 1.29 is 0 Å². The summed E-state index contributed by atoms with van der Waals surface area (Å²) in [6, 6.07) is 29.1. The highest BCUT2D eigenvalue weighted by molar-refractivity contribution is 6.23. The molecule has 0 aliphatic rings. The predicted octanol–water partition coefficient (Wildman–Crippen LogP) is 5.21. The molecule has 0 unspecified atom stereocenters. The number of anilines is 2. The second kappa shape index (κ2) is 5.23. The Balaban J connectivity index is 1.78. The zero-order valence-electron chi connectivity index (χ0n) is 12.1. The van der Waals surface area contributed by atoms with Crippen LogP contribution < -0.4 is 4.81 Å². The van der Waals surface area contributed by atoms with E-state index in [1.54, 1.807) is 4.81 Å². The third-order valence-electron chi connectivity index (χ3n) is 4.02. The molecule has 0 atom stereocenters. The van der Waals surface area contributed by atoms with E-state index in [9.17, 15) is 0 Å². The van der Waals surface area contributed by atoms with Crippen molar-refractivity contribution in [2.24, 2.45) is 0 Å². The molecule has 2 radical (unpaired) electrons. The number of hydrogen-bond acceptors (Lipinski definition) is 1. The van der Waals surface area contributed by atoms with Gasteiger partial charge in [0, 0.05) is 11.4 Å². The van der Waals surface area contributed by atoms with Crippen LogP contribution in [0.3, 0.4) is 0 Å². The van der Waals surface area contributed by atoms with E-state index in [-0.39, 0.29) is 0 Å². The van der Waals surface area contributed by atoms with Crippen LogP contribution in [0.15, 0.2) is 84.9 Å². The van der Waals surface area contributed by atoms with Crippen LogP contribution in [0.25, 0.3) is 21.5 Å². The average molecular weight is 279 g/mol. The van der Waals surface area contributed by atoms with Crippen LogP contribution >= 0.6 is 0 Å². The van der Waals surface area contributed by atoms with Crippen LogP contribution in [0.1, 0.15) is 0 Å². The fraction of sp³-hybridized carbons (Fsp3) is 0. The largest absolute Gasteiger partial charge is 0.398 e. The van der Waals surface area contributed by atoms with E-state index in [4.69, 9.17) is 7.98 Å². The van der Waals surface area contributed by atoms with Crippen LogP contribution in [0.4, 0.5) is 11.4 Å². The summed E-state index contributed by atoms with van der Waals surface area (Å²) in [5.74, 6) is 0. The van der Waals surface area contributed by atoms with Gasteiger partial charge < -0.3 is 4.81 Å². The van der Waals surface area contributed by atoms with Gasteiger partial charge in [0.05, 0.1) is 0 Å². The Kier molecular flexibility index (Phi) is 3.08. The lowest BCUT2D eigenvalue weighted by Crippen LogP contribution is -2.11. The van der Waals surface area contributed by atoms with Crippen molar-refractivity contribution >= 4 is 40.9 Å². The van der Waals surface area contributed by atoms with Crippen LogP contribution in [-0.4, -0.2) is 7.98 Å². The Hall–Kier alpha value is -2.74. The first-order valence-corrected chi connectivity index (χ1v) is 7.34. The summed E-state index contributed by atoms with van der Waals surface area (Å²) in [5.41, 5.74) is 1.96. The third kappa shape index (κ3) is 2.23. The first-order valence-electron chi connectivity index (χ1n) is 7.34. The van der Waals surface area contributed by atoms with Gasteiger partial charge in [-0.05, 0) is 45.8 Å². The van der Waals surface area contributed by atoms with Crippen molar-refractivity contribution in [2.75, 3.05) is 4.81 Å². The molecule has 0 fully saturated rings. The lowest BCUT2D eigenvalue weighted by Gasteiger charge is -2.21. The van der Waals surface area contributed by atoms with Crippen molar-refractivity contribution in [3.05, 3.63) is 84.9 Å². The molecular formula is C20H14BN. The highest BCUT2D eigenvalue weighted by Crippen LogP contribution is 2.29. The van der Waals surface area contributed by atoms with Gasteiger partial charge in [0.2, 0.25) is 7.98 Å². The fourth-order valence-corrected chi connectivity index (χ4v) is 2.80. The summed E-state index contributed by atoms with van der Waals surface area (Å²) >= 11 is 0. The van der Waals surface area contributed by atoms with Crippen molar-refractivity contribution in [3.8, 4) is 0 Å². The van der Waals surface area contributed by atoms with Gasteiger partial charge in [0.25, 0.3) is 0 Å². The molecule has 0 amide bonds. The van der Waals surface area contributed by atoms with E-state index in [1.165, 1.54) is 21.5 Å². The van der Waals surface area contributed by atoms with Crippen LogP contribution in [0.5, 0.6) is 0 Å². The Bertz CT molecular complexity index is 882. The summed E-state index contributed by atoms with van der Waals surface area (Å²) < 4.78 is 0. The zero-order chi connectivity index (χ0) is 14.9. The van der Waals surface area contributed by atoms with E-state index in [0.29, 0.717) is 0 Å². The molecule has 0 N–H and O–H groups in total. The molecule has 0 saturated heterocycles. The zero-order valence-corrected chi connectivity index (χ0v) is 12.1. The average Bonchev–Trinajstić information content (AvgIpc) is 2.60. The van der Waals surface area contributed by atoms with Gasteiger partial charge in [-0.1, -0.05) is 60.7 Å². The van der Waals surface area contributed by atoms with Crippen molar-refractivity contribution in [1.82, 2.24) is 0 Å². The maximum atomic E-state index is 6.33. The molecule has 4 aromatic carbocycles. The van der Waals surface area contributed by atoms with Crippen LogP contribution in [0.2, 0.25) is 0 Å². The fourth-order valence-electron chi connectivity index (χ4n) is 2.80. The summed E-state index contributed by atoms with van der Waals surface area (Å²) in [6.07, 6.45) is 0. The number of nitrogens with zero attached hydrogens (tertiary/aromatic N) is 1. The number of rotatable bonds is 2. The molecule has 1 nitrogen and oxygen atoms in total. The Labute approximate surface area is 131 Å². The van der Waals surface area contributed by atoms with E-state index in [0.717, 1.165) is 11.4 Å². The molecule has 4 rings (SSSR count). The molecule has 0 aromatic heterocycles. The molecule has 0 aliphatic heterocycles. The monoisotopic (exact) mass is 279 g/mol. The predicted molar refractivity (Wildman–Crippen MR) is 95.8 cm³/mol. The second-order valence-electron chi connectivity index (χ2n) is 5.43. The number of hydrogen-bond donors (Lipinski definition) is 0. The topological polar surface area (TPSA) is 3.24 Å². The Morgan fingerprint density at radius 3 is 1.36 bits per heavy atom. The molecule has 4 aromatic rings. The molecule has 0 heterocycles. The van der Waals surface area contributed by atoms with Gasteiger partial charge >= 0.3 is 0 Å². The van der Waals surface area contributed by atoms with Crippen molar-refractivity contribution in [1.29, 1.82) is 0 Å². The minimum atomic E-state index is 0.981. The first-order chi connectivity index (χ1) is 10.8. The molecule has 0 aliphatic carbocycles. The van der Waals surface area contributed by atoms with Gasteiger partial charge in [-0.2, -0.15) is 0 Å². The summed E-state index contributed by atoms with van der Waals surface area (Å²) in [5, 5.41) is 4.82. The van der Waals surface area contributed by atoms with E-state index in [1.807, 2.05) is 24.3 Å². The highest BCUT2D eigenvalue weighted by Gasteiger charge is 2.05. The summed E-state index contributed by atoms with van der Waals surface area (Å²) in [7, 11) is 6.33. The van der Waals surface area contributed by atoms with Gasteiger partial charge in [-0.25, -0.2) is 0 Å². The van der Waals surface area contributed by atoms with Gasteiger partial charge in [0.1, 0.15) is 0 Å². The number of fused-ring (bicyclic) bond motifs is 2. The third-order valence-corrected chi connectivity index (χ3v) is 4.02. The van der Waals surface area contributed by atoms with Gasteiger partial charge in [-0.3, -0.25) is 0 Å². The van der Waals surface area contributed by atoms with Crippen molar-refractivity contribution in [2.45, 2.75) is 0 Å². The smallest absolute Gasteiger partial charge is 0.234 e. The first kappa shape index (κ1) is 13.0. The summed E-state index contributed by atoms with van der Waals surface area (Å²) in [6.45, 7) is 0. The van der Waals surface area contributed by atoms with Gasteiger partial charge in [-0.15, -0.1) is 0 Å². The normalized spacial score (nSPS) is 10.9. The molecule has 102 valence electrons. The lowest BCUT2D eigenvalue weighted by atomic mass is 10.1. The lowest BCUT2D eigenvalue weighted by molar-refractivity contribution is 1.44. The van der Waals surface area contributed by atoms with Crippen molar-refractivity contribution in [3.63, 3.8) is 0 Å². The molecule has 0 spiro atoms. The quantitative estimate of drug-likeness (QED) is 0.455. The minimum Gasteiger partial charge on any atom is -0.398 e. The minimum absolute atomic E-state index is 0.981. The van der Waals surface area contributed by atoms with E-state index >= 15 is 0 Å². The second-order valence-corrected chi connectivity index (χ2v) is 5.43. The molecular weight excluding hydrogens is 265 g/mol. The highest BCUT2D eigenvalue weighted by atomic mass is 15.0. The molecule has 22 heavy (non-hydrogen) atoms. The standard InChI is InChI=1S/C20H14BN/c21-22(19-11-9-15-5-1-3-7-17(15)13-19)20-12-10-16-6-2-4-8-18(16)14-20/h1-14H. The number of benzene rings is 4. The molecule has 2 heteroatoms. The van der Waals surface area contributed by atoms with E-state index in [2.05, 4.69) is 60.7 Å².